The lowest BCUT2D eigenvalue weighted by molar-refractivity contribution is -0.130. The molecule has 0 aromatic heterocycles. The molecule has 0 spiro atoms. The number of hydrogen-bond donors (Lipinski definition) is 1. The fourth-order valence-corrected chi connectivity index (χ4v) is 3.54. The highest BCUT2D eigenvalue weighted by Crippen LogP contribution is 2.40. The molecule has 1 fully saturated rings. The molecule has 2 unspecified atom stereocenters. The van der Waals surface area contributed by atoms with Gasteiger partial charge in [-0.1, -0.05) is 6.92 Å². The highest BCUT2D eigenvalue weighted by molar-refractivity contribution is 5.92. The number of nitrogens with two attached hydrogens (primary N) is 1. The lowest BCUT2D eigenvalue weighted by Crippen LogP contribution is -2.50. The molecule has 0 bridgehead atoms. The number of piperidine rings is 1. The standard InChI is InChI=1S/C19H26N2O4/c1-13-4-3-7-21(15(13)12-20)18(22)6-5-14-10-16(23-2)19-17(11-14)24-8-9-25-19/h5-6,10-11,13,15H,3-4,7-9,12,20H2,1-2H3. The zero-order chi connectivity index (χ0) is 17.8. The van der Waals surface area contributed by atoms with Gasteiger partial charge in [-0.15, -0.1) is 0 Å². The van der Waals surface area contributed by atoms with E-state index in [0.29, 0.717) is 42.9 Å². The number of rotatable bonds is 4. The van der Waals surface area contributed by atoms with Crippen molar-refractivity contribution in [1.29, 1.82) is 0 Å². The Morgan fingerprint density at radius 3 is 2.96 bits per heavy atom. The molecule has 2 aliphatic rings. The minimum absolute atomic E-state index is 0.00384. The number of methoxy groups -OCH3 is 1. The van der Waals surface area contributed by atoms with Crippen molar-refractivity contribution in [2.45, 2.75) is 25.8 Å². The molecule has 3 rings (SSSR count). The highest BCUT2D eigenvalue weighted by Gasteiger charge is 2.29. The van der Waals surface area contributed by atoms with Crippen molar-refractivity contribution >= 4 is 12.0 Å². The second-order valence-electron chi connectivity index (χ2n) is 6.53. The zero-order valence-corrected chi connectivity index (χ0v) is 14.9. The molecule has 2 heterocycles. The summed E-state index contributed by atoms with van der Waals surface area (Å²) in [4.78, 5) is 14.5. The molecule has 0 aliphatic carbocycles. The summed E-state index contributed by atoms with van der Waals surface area (Å²) in [5.41, 5.74) is 6.72. The third-order valence-electron chi connectivity index (χ3n) is 4.91. The van der Waals surface area contributed by atoms with Crippen molar-refractivity contribution in [3.05, 3.63) is 23.8 Å². The van der Waals surface area contributed by atoms with Gasteiger partial charge in [-0.25, -0.2) is 0 Å². The third kappa shape index (κ3) is 3.74. The van der Waals surface area contributed by atoms with Crippen LogP contribution in [-0.4, -0.2) is 50.3 Å². The van der Waals surface area contributed by atoms with Crippen LogP contribution in [0.25, 0.3) is 6.08 Å². The number of fused-ring (bicyclic) bond motifs is 1. The van der Waals surface area contributed by atoms with Gasteiger partial charge in [0.1, 0.15) is 13.2 Å². The van der Waals surface area contributed by atoms with Crippen LogP contribution in [-0.2, 0) is 4.79 Å². The van der Waals surface area contributed by atoms with Gasteiger partial charge in [0, 0.05) is 25.2 Å². The van der Waals surface area contributed by atoms with E-state index in [2.05, 4.69) is 6.92 Å². The average molecular weight is 346 g/mol. The molecule has 1 aromatic rings. The Bertz CT molecular complexity index is 642. The first-order valence-corrected chi connectivity index (χ1v) is 8.80. The van der Waals surface area contributed by atoms with E-state index in [9.17, 15) is 4.79 Å². The Morgan fingerprint density at radius 1 is 1.40 bits per heavy atom. The summed E-state index contributed by atoms with van der Waals surface area (Å²) >= 11 is 0. The Hall–Kier alpha value is -2.21. The monoisotopic (exact) mass is 346 g/mol. The van der Waals surface area contributed by atoms with E-state index in [1.807, 2.05) is 17.0 Å². The van der Waals surface area contributed by atoms with Gasteiger partial charge < -0.3 is 24.8 Å². The number of hydrogen-bond acceptors (Lipinski definition) is 5. The maximum Gasteiger partial charge on any atom is 0.246 e. The van der Waals surface area contributed by atoms with E-state index in [0.717, 1.165) is 24.9 Å². The van der Waals surface area contributed by atoms with Gasteiger partial charge in [0.15, 0.2) is 11.5 Å². The van der Waals surface area contributed by atoms with E-state index in [-0.39, 0.29) is 11.9 Å². The van der Waals surface area contributed by atoms with Crippen LogP contribution in [0.5, 0.6) is 17.2 Å². The second kappa shape index (κ2) is 7.78. The molecule has 0 saturated carbocycles. The van der Waals surface area contributed by atoms with E-state index >= 15 is 0 Å². The minimum Gasteiger partial charge on any atom is -0.493 e. The van der Waals surface area contributed by atoms with E-state index < -0.39 is 0 Å². The van der Waals surface area contributed by atoms with Crippen LogP contribution in [0.15, 0.2) is 18.2 Å². The maximum atomic E-state index is 12.6. The van der Waals surface area contributed by atoms with Crippen LogP contribution in [0.2, 0.25) is 0 Å². The number of amides is 1. The Balaban J connectivity index is 1.78. The summed E-state index contributed by atoms with van der Waals surface area (Å²) < 4.78 is 16.6. The quantitative estimate of drug-likeness (QED) is 0.845. The largest absolute Gasteiger partial charge is 0.493 e. The summed E-state index contributed by atoms with van der Waals surface area (Å²) in [6, 6.07) is 3.82. The van der Waals surface area contributed by atoms with Crippen LogP contribution in [0.4, 0.5) is 0 Å². The van der Waals surface area contributed by atoms with Crippen molar-refractivity contribution in [2.75, 3.05) is 33.4 Å². The smallest absolute Gasteiger partial charge is 0.246 e. The van der Waals surface area contributed by atoms with Crippen molar-refractivity contribution in [3.8, 4) is 17.2 Å². The van der Waals surface area contributed by atoms with E-state index in [1.165, 1.54) is 0 Å². The number of likely N-dealkylation sites (tertiary alicyclic amines) is 1. The number of carbonyl (C=O) groups is 1. The fourth-order valence-electron chi connectivity index (χ4n) is 3.54. The molecule has 136 valence electrons. The first-order chi connectivity index (χ1) is 12.1. The lowest BCUT2D eigenvalue weighted by Gasteiger charge is -2.38. The molecule has 25 heavy (non-hydrogen) atoms. The van der Waals surface area contributed by atoms with E-state index in [1.54, 1.807) is 19.3 Å². The number of benzene rings is 1. The molecular formula is C19H26N2O4. The van der Waals surface area contributed by atoms with E-state index in [4.69, 9.17) is 19.9 Å². The summed E-state index contributed by atoms with van der Waals surface area (Å²) in [7, 11) is 1.59. The molecule has 6 heteroatoms. The summed E-state index contributed by atoms with van der Waals surface area (Å²) in [6.07, 6.45) is 5.53. The van der Waals surface area contributed by atoms with Crippen LogP contribution >= 0.6 is 0 Å². The highest BCUT2D eigenvalue weighted by atomic mass is 16.6. The predicted molar refractivity (Wildman–Crippen MR) is 96.0 cm³/mol. The third-order valence-corrected chi connectivity index (χ3v) is 4.91. The summed E-state index contributed by atoms with van der Waals surface area (Å²) in [6.45, 7) is 4.43. The topological polar surface area (TPSA) is 74.0 Å². The second-order valence-corrected chi connectivity index (χ2v) is 6.53. The Morgan fingerprint density at radius 2 is 2.20 bits per heavy atom. The Kier molecular flexibility index (Phi) is 5.48. The summed E-state index contributed by atoms with van der Waals surface area (Å²) in [5.74, 6) is 2.30. The van der Waals surface area contributed by atoms with Crippen molar-refractivity contribution in [3.63, 3.8) is 0 Å². The molecule has 1 saturated heterocycles. The number of ether oxygens (including phenoxy) is 3. The predicted octanol–water partition coefficient (Wildman–Crippen LogP) is 2.07. The number of nitrogens with zero attached hydrogens (tertiary/aromatic N) is 1. The molecule has 2 aliphatic heterocycles. The fraction of sp³-hybridized carbons (Fsp3) is 0.526. The molecule has 2 N–H and O–H groups in total. The molecule has 6 nitrogen and oxygen atoms in total. The summed E-state index contributed by atoms with van der Waals surface area (Å²) in [5, 5.41) is 0. The minimum atomic E-state index is -0.00384. The first-order valence-electron chi connectivity index (χ1n) is 8.80. The van der Waals surface area contributed by atoms with Crippen molar-refractivity contribution in [2.24, 2.45) is 11.7 Å². The normalized spacial score (nSPS) is 22.9. The van der Waals surface area contributed by atoms with Crippen LogP contribution in [0.3, 0.4) is 0 Å². The van der Waals surface area contributed by atoms with Crippen LogP contribution in [0, 0.1) is 5.92 Å². The average Bonchev–Trinajstić information content (AvgIpc) is 2.65. The van der Waals surface area contributed by atoms with Gasteiger partial charge in [-0.05, 0) is 42.5 Å². The van der Waals surface area contributed by atoms with Gasteiger partial charge in [0.05, 0.1) is 7.11 Å². The van der Waals surface area contributed by atoms with Crippen molar-refractivity contribution in [1.82, 2.24) is 4.90 Å². The van der Waals surface area contributed by atoms with Gasteiger partial charge >= 0.3 is 0 Å². The molecular weight excluding hydrogens is 320 g/mol. The SMILES string of the molecule is COc1cc(C=CC(=O)N2CCCC(C)C2CN)cc2c1OCCO2. The van der Waals surface area contributed by atoms with Gasteiger partial charge in [0.25, 0.3) is 0 Å². The number of carbonyl (C=O) groups excluding carboxylic acids is 1. The molecule has 1 aromatic carbocycles. The van der Waals surface area contributed by atoms with Crippen LogP contribution in [0.1, 0.15) is 25.3 Å². The van der Waals surface area contributed by atoms with Gasteiger partial charge in [-0.2, -0.15) is 0 Å². The Labute approximate surface area is 148 Å². The molecule has 2 atom stereocenters. The van der Waals surface area contributed by atoms with Crippen LogP contribution < -0.4 is 19.9 Å². The first kappa shape index (κ1) is 17.6. The molecule has 0 radical (unpaired) electrons. The molecule has 1 amide bonds. The van der Waals surface area contributed by atoms with Gasteiger partial charge in [0.2, 0.25) is 11.7 Å². The lowest BCUT2D eigenvalue weighted by atomic mass is 9.90. The van der Waals surface area contributed by atoms with Gasteiger partial charge in [-0.3, -0.25) is 4.79 Å². The zero-order valence-electron chi connectivity index (χ0n) is 14.9. The maximum absolute atomic E-state index is 12.6. The van der Waals surface area contributed by atoms with Crippen molar-refractivity contribution < 1.29 is 19.0 Å².